The van der Waals surface area contributed by atoms with Crippen LogP contribution in [-0.2, 0) is 0 Å². The van der Waals surface area contributed by atoms with E-state index in [4.69, 9.17) is 5.73 Å². The number of nitrogens with one attached hydrogen (secondary N) is 1. The summed E-state index contributed by atoms with van der Waals surface area (Å²) >= 11 is 3.61. The van der Waals surface area contributed by atoms with Gasteiger partial charge in [0, 0.05) is 16.7 Å². The van der Waals surface area contributed by atoms with Crippen LogP contribution in [0.2, 0.25) is 0 Å². The van der Waals surface area contributed by atoms with Gasteiger partial charge in [0.05, 0.1) is 6.04 Å². The van der Waals surface area contributed by atoms with Crippen LogP contribution in [0.4, 0.5) is 5.69 Å². The standard InChI is InChI=1S/C18H23BrN2/c1-11-5-12(2)7-15(6-11)17(10-20)21-16-8-13(3)18(19)14(4)9-16/h5-9,17,21H,10,20H2,1-4H3. The predicted octanol–water partition coefficient (Wildman–Crippen LogP) is 4.79. The topological polar surface area (TPSA) is 38.0 Å². The van der Waals surface area contributed by atoms with Crippen molar-refractivity contribution in [1.82, 2.24) is 0 Å². The molecule has 0 spiro atoms. The fraction of sp³-hybridized carbons (Fsp3) is 0.333. The van der Waals surface area contributed by atoms with E-state index in [0.717, 1.165) is 5.69 Å². The third-order valence-electron chi connectivity index (χ3n) is 3.66. The molecule has 0 bridgehead atoms. The monoisotopic (exact) mass is 346 g/mol. The van der Waals surface area contributed by atoms with E-state index in [2.05, 4.69) is 79.3 Å². The van der Waals surface area contributed by atoms with Gasteiger partial charge in [-0.1, -0.05) is 45.3 Å². The third kappa shape index (κ3) is 3.86. The van der Waals surface area contributed by atoms with E-state index in [1.54, 1.807) is 0 Å². The molecule has 0 aliphatic carbocycles. The molecule has 0 heterocycles. The summed E-state index contributed by atoms with van der Waals surface area (Å²) in [6, 6.07) is 11.0. The number of hydrogen-bond acceptors (Lipinski definition) is 2. The second-order valence-corrected chi connectivity index (χ2v) is 6.57. The molecule has 0 aliphatic rings. The molecule has 0 radical (unpaired) electrons. The molecule has 0 aromatic heterocycles. The first kappa shape index (κ1) is 16.1. The van der Waals surface area contributed by atoms with E-state index in [1.807, 2.05) is 0 Å². The normalized spacial score (nSPS) is 12.3. The van der Waals surface area contributed by atoms with Crippen molar-refractivity contribution in [2.45, 2.75) is 33.7 Å². The summed E-state index contributed by atoms with van der Waals surface area (Å²) in [6.45, 7) is 9.03. The average molecular weight is 347 g/mol. The lowest BCUT2D eigenvalue weighted by molar-refractivity contribution is 0.787. The predicted molar refractivity (Wildman–Crippen MR) is 95.0 cm³/mol. The van der Waals surface area contributed by atoms with E-state index in [-0.39, 0.29) is 6.04 Å². The Bertz CT molecular complexity index is 606. The maximum absolute atomic E-state index is 5.99. The smallest absolute Gasteiger partial charge is 0.0636 e. The number of rotatable bonds is 4. The molecule has 2 nitrogen and oxygen atoms in total. The van der Waals surface area contributed by atoms with Gasteiger partial charge in [-0.15, -0.1) is 0 Å². The van der Waals surface area contributed by atoms with Crippen LogP contribution in [0, 0.1) is 27.7 Å². The Morgan fingerprint density at radius 2 is 1.48 bits per heavy atom. The molecule has 0 amide bonds. The second-order valence-electron chi connectivity index (χ2n) is 5.78. The first-order valence-corrected chi connectivity index (χ1v) is 8.01. The molecular weight excluding hydrogens is 324 g/mol. The Morgan fingerprint density at radius 1 is 0.952 bits per heavy atom. The highest BCUT2D eigenvalue weighted by atomic mass is 79.9. The van der Waals surface area contributed by atoms with Crippen molar-refractivity contribution in [2.24, 2.45) is 5.73 Å². The summed E-state index contributed by atoms with van der Waals surface area (Å²) in [7, 11) is 0. The zero-order valence-electron chi connectivity index (χ0n) is 13.1. The van der Waals surface area contributed by atoms with Gasteiger partial charge in [-0.25, -0.2) is 0 Å². The molecule has 0 saturated carbocycles. The Labute approximate surface area is 135 Å². The fourth-order valence-corrected chi connectivity index (χ4v) is 2.95. The number of aryl methyl sites for hydroxylation is 4. The van der Waals surface area contributed by atoms with Gasteiger partial charge in [0.2, 0.25) is 0 Å². The van der Waals surface area contributed by atoms with E-state index in [9.17, 15) is 0 Å². The molecule has 1 atom stereocenters. The Kier molecular flexibility index (Phi) is 5.07. The molecule has 0 saturated heterocycles. The van der Waals surface area contributed by atoms with Crippen molar-refractivity contribution >= 4 is 21.6 Å². The summed E-state index contributed by atoms with van der Waals surface area (Å²) in [5.41, 5.74) is 13.3. The number of nitrogens with two attached hydrogens (primary N) is 1. The summed E-state index contributed by atoms with van der Waals surface area (Å²) in [5, 5.41) is 3.56. The maximum Gasteiger partial charge on any atom is 0.0636 e. The van der Waals surface area contributed by atoms with E-state index >= 15 is 0 Å². The molecule has 21 heavy (non-hydrogen) atoms. The van der Waals surface area contributed by atoms with E-state index < -0.39 is 0 Å². The molecule has 2 rings (SSSR count). The Balaban J connectivity index is 2.31. The van der Waals surface area contributed by atoms with E-state index in [0.29, 0.717) is 6.54 Å². The van der Waals surface area contributed by atoms with Gasteiger partial charge in [-0.05, 0) is 56.5 Å². The van der Waals surface area contributed by atoms with Crippen LogP contribution in [0.25, 0.3) is 0 Å². The molecule has 1 unspecified atom stereocenters. The lowest BCUT2D eigenvalue weighted by atomic mass is 10.0. The quantitative estimate of drug-likeness (QED) is 0.834. The molecule has 0 aliphatic heterocycles. The van der Waals surface area contributed by atoms with Gasteiger partial charge in [0.1, 0.15) is 0 Å². The first-order valence-electron chi connectivity index (χ1n) is 7.22. The minimum Gasteiger partial charge on any atom is -0.377 e. The number of benzene rings is 2. The van der Waals surface area contributed by atoms with Gasteiger partial charge >= 0.3 is 0 Å². The van der Waals surface area contributed by atoms with Crippen molar-refractivity contribution in [3.8, 4) is 0 Å². The SMILES string of the molecule is Cc1cc(C)cc(C(CN)Nc2cc(C)c(Br)c(C)c2)c1. The van der Waals surface area contributed by atoms with Crippen molar-refractivity contribution in [1.29, 1.82) is 0 Å². The highest BCUT2D eigenvalue weighted by molar-refractivity contribution is 9.10. The third-order valence-corrected chi connectivity index (χ3v) is 4.91. The molecule has 2 aromatic carbocycles. The summed E-state index contributed by atoms with van der Waals surface area (Å²) in [4.78, 5) is 0. The van der Waals surface area contributed by atoms with Gasteiger partial charge in [-0.3, -0.25) is 0 Å². The van der Waals surface area contributed by atoms with Gasteiger partial charge in [0.25, 0.3) is 0 Å². The lowest BCUT2D eigenvalue weighted by Gasteiger charge is -2.21. The number of anilines is 1. The van der Waals surface area contributed by atoms with Gasteiger partial charge in [-0.2, -0.15) is 0 Å². The van der Waals surface area contributed by atoms with Crippen LogP contribution in [0.3, 0.4) is 0 Å². The first-order chi connectivity index (χ1) is 9.90. The van der Waals surface area contributed by atoms with E-state index in [1.165, 1.54) is 32.3 Å². The Hall–Kier alpha value is -1.32. The largest absolute Gasteiger partial charge is 0.377 e. The molecule has 112 valence electrons. The van der Waals surface area contributed by atoms with Crippen molar-refractivity contribution in [3.05, 3.63) is 62.6 Å². The average Bonchev–Trinajstić information content (AvgIpc) is 2.40. The van der Waals surface area contributed by atoms with Crippen LogP contribution in [0.15, 0.2) is 34.8 Å². The molecule has 3 N–H and O–H groups in total. The number of hydrogen-bond donors (Lipinski definition) is 2. The van der Waals surface area contributed by atoms with Crippen LogP contribution < -0.4 is 11.1 Å². The van der Waals surface area contributed by atoms with Crippen molar-refractivity contribution < 1.29 is 0 Å². The maximum atomic E-state index is 5.99. The minimum absolute atomic E-state index is 0.128. The summed E-state index contributed by atoms with van der Waals surface area (Å²) in [6.07, 6.45) is 0. The zero-order valence-corrected chi connectivity index (χ0v) is 14.7. The van der Waals surface area contributed by atoms with Crippen LogP contribution in [0.1, 0.15) is 33.9 Å². The fourth-order valence-electron chi connectivity index (χ4n) is 2.72. The van der Waals surface area contributed by atoms with Crippen LogP contribution in [0.5, 0.6) is 0 Å². The second kappa shape index (κ2) is 6.63. The number of halogens is 1. The Morgan fingerprint density at radius 3 is 1.95 bits per heavy atom. The molecule has 2 aromatic rings. The molecule has 0 fully saturated rings. The van der Waals surface area contributed by atoms with Crippen molar-refractivity contribution in [3.63, 3.8) is 0 Å². The lowest BCUT2D eigenvalue weighted by Crippen LogP contribution is -2.21. The molecule has 3 heteroatoms. The summed E-state index contributed by atoms with van der Waals surface area (Å²) in [5.74, 6) is 0. The van der Waals surface area contributed by atoms with Crippen LogP contribution >= 0.6 is 15.9 Å². The molecular formula is C18H23BrN2. The minimum atomic E-state index is 0.128. The highest BCUT2D eigenvalue weighted by Gasteiger charge is 2.11. The van der Waals surface area contributed by atoms with Gasteiger partial charge in [0.15, 0.2) is 0 Å². The summed E-state index contributed by atoms with van der Waals surface area (Å²) < 4.78 is 1.17. The zero-order chi connectivity index (χ0) is 15.6. The highest BCUT2D eigenvalue weighted by Crippen LogP contribution is 2.27. The van der Waals surface area contributed by atoms with Gasteiger partial charge < -0.3 is 11.1 Å². The van der Waals surface area contributed by atoms with Crippen LogP contribution in [-0.4, -0.2) is 6.54 Å². The van der Waals surface area contributed by atoms with Crippen molar-refractivity contribution in [2.75, 3.05) is 11.9 Å².